The van der Waals surface area contributed by atoms with Crippen LogP contribution in [0.5, 0.6) is 0 Å². The van der Waals surface area contributed by atoms with Gasteiger partial charge in [-0.3, -0.25) is 0 Å². The van der Waals surface area contributed by atoms with Crippen molar-refractivity contribution < 1.29 is 0 Å². The Bertz CT molecular complexity index is 541. The third-order valence-corrected chi connectivity index (χ3v) is 4.38. The van der Waals surface area contributed by atoms with E-state index < -0.39 is 5.41 Å². The topological polar surface area (TPSA) is 23.8 Å². The Morgan fingerprint density at radius 3 is 1.71 bits per heavy atom. The second kappa shape index (κ2) is 7.09. The second-order valence-corrected chi connectivity index (χ2v) is 5.55. The molecule has 0 fully saturated rings. The Labute approximate surface area is 128 Å². The molecule has 2 aromatic rings. The number of hydrogen-bond acceptors (Lipinski definition) is 1. The van der Waals surface area contributed by atoms with E-state index >= 15 is 0 Å². The largest absolute Gasteiger partial charge is 0.197 e. The van der Waals surface area contributed by atoms with E-state index in [0.717, 1.165) is 30.4 Å². The predicted octanol–water partition coefficient (Wildman–Crippen LogP) is 5.32. The fourth-order valence-electron chi connectivity index (χ4n) is 3.34. The Morgan fingerprint density at radius 2 is 1.38 bits per heavy atom. The van der Waals surface area contributed by atoms with Crippen molar-refractivity contribution in [1.29, 1.82) is 5.26 Å². The summed E-state index contributed by atoms with van der Waals surface area (Å²) in [7, 11) is 0. The van der Waals surface area contributed by atoms with Crippen LogP contribution in [0.15, 0.2) is 60.7 Å². The zero-order valence-corrected chi connectivity index (χ0v) is 12.9. The maximum Gasteiger partial charge on any atom is 0.110 e. The molecule has 21 heavy (non-hydrogen) atoms. The van der Waals surface area contributed by atoms with E-state index in [-0.39, 0.29) is 0 Å². The molecule has 0 spiro atoms. The summed E-state index contributed by atoms with van der Waals surface area (Å²) in [5.74, 6) is 0.331. The molecule has 2 rings (SSSR count). The molecule has 0 aliphatic carbocycles. The van der Waals surface area contributed by atoms with Gasteiger partial charge in [-0.25, -0.2) is 0 Å². The minimum absolute atomic E-state index is 0.331. The van der Waals surface area contributed by atoms with Crippen LogP contribution in [-0.2, 0) is 5.41 Å². The molecule has 0 radical (unpaired) electrons. The zero-order valence-electron chi connectivity index (χ0n) is 12.9. The van der Waals surface area contributed by atoms with Crippen LogP contribution in [0, 0.1) is 17.2 Å². The Balaban J connectivity index is 2.65. The van der Waals surface area contributed by atoms with E-state index in [1.165, 1.54) is 0 Å². The van der Waals surface area contributed by atoms with Crippen molar-refractivity contribution in [2.75, 3.05) is 0 Å². The fraction of sp³-hybridized carbons (Fsp3) is 0.350. The SMILES string of the molecule is CCCC(CC)C(C#N)(c1ccccc1)c1ccccc1. The van der Waals surface area contributed by atoms with Crippen LogP contribution in [0.25, 0.3) is 0 Å². The van der Waals surface area contributed by atoms with Crippen LogP contribution in [-0.4, -0.2) is 0 Å². The standard InChI is InChI=1S/C20H23N/c1-3-11-17(4-2)20(16-21,18-12-7-5-8-13-18)19-14-9-6-10-15-19/h5-10,12-15,17H,3-4,11H2,1-2H3. The monoisotopic (exact) mass is 277 g/mol. The number of benzene rings is 2. The molecule has 2 aromatic carbocycles. The summed E-state index contributed by atoms with van der Waals surface area (Å²) < 4.78 is 0. The van der Waals surface area contributed by atoms with E-state index in [0.29, 0.717) is 5.92 Å². The van der Waals surface area contributed by atoms with Gasteiger partial charge < -0.3 is 0 Å². The molecule has 108 valence electrons. The first-order valence-corrected chi connectivity index (χ1v) is 7.81. The molecule has 1 heteroatoms. The van der Waals surface area contributed by atoms with Crippen molar-refractivity contribution in [2.24, 2.45) is 5.92 Å². The van der Waals surface area contributed by atoms with E-state index in [9.17, 15) is 5.26 Å². The minimum Gasteiger partial charge on any atom is -0.197 e. The van der Waals surface area contributed by atoms with Gasteiger partial charge in [0.25, 0.3) is 0 Å². The fourth-order valence-corrected chi connectivity index (χ4v) is 3.34. The molecule has 0 amide bonds. The summed E-state index contributed by atoms with van der Waals surface area (Å²) in [6.07, 6.45) is 3.17. The number of nitriles is 1. The summed E-state index contributed by atoms with van der Waals surface area (Å²) in [4.78, 5) is 0. The summed E-state index contributed by atoms with van der Waals surface area (Å²) >= 11 is 0. The molecule has 0 N–H and O–H groups in total. The molecular weight excluding hydrogens is 254 g/mol. The third kappa shape index (κ3) is 2.85. The van der Waals surface area contributed by atoms with E-state index in [2.05, 4.69) is 44.2 Å². The molecule has 0 saturated heterocycles. The van der Waals surface area contributed by atoms with Gasteiger partial charge in [0.15, 0.2) is 0 Å². The average molecular weight is 277 g/mol. The first kappa shape index (κ1) is 15.3. The van der Waals surface area contributed by atoms with Gasteiger partial charge in [-0.05, 0) is 23.5 Å². The molecule has 0 aromatic heterocycles. The minimum atomic E-state index is -0.548. The highest BCUT2D eigenvalue weighted by atomic mass is 14.4. The highest BCUT2D eigenvalue weighted by Crippen LogP contribution is 2.42. The highest BCUT2D eigenvalue weighted by molar-refractivity contribution is 5.46. The lowest BCUT2D eigenvalue weighted by molar-refractivity contribution is 0.351. The summed E-state index contributed by atoms with van der Waals surface area (Å²) in [5.41, 5.74) is 1.67. The smallest absolute Gasteiger partial charge is 0.110 e. The zero-order chi connectivity index (χ0) is 15.1. The highest BCUT2D eigenvalue weighted by Gasteiger charge is 2.40. The van der Waals surface area contributed by atoms with Crippen molar-refractivity contribution in [3.05, 3.63) is 71.8 Å². The lowest BCUT2D eigenvalue weighted by Crippen LogP contribution is -2.35. The molecule has 1 atom stereocenters. The molecule has 0 aliphatic rings. The van der Waals surface area contributed by atoms with Gasteiger partial charge in [-0.15, -0.1) is 0 Å². The van der Waals surface area contributed by atoms with Crippen molar-refractivity contribution in [3.8, 4) is 6.07 Å². The van der Waals surface area contributed by atoms with Crippen LogP contribution >= 0.6 is 0 Å². The lowest BCUT2D eigenvalue weighted by Gasteiger charge is -2.35. The van der Waals surface area contributed by atoms with Gasteiger partial charge in [0.05, 0.1) is 6.07 Å². The molecule has 1 unspecified atom stereocenters. The first-order valence-electron chi connectivity index (χ1n) is 7.81. The Kier molecular flexibility index (Phi) is 5.17. The quantitative estimate of drug-likeness (QED) is 0.700. The van der Waals surface area contributed by atoms with E-state index in [4.69, 9.17) is 0 Å². The van der Waals surface area contributed by atoms with Gasteiger partial charge >= 0.3 is 0 Å². The van der Waals surface area contributed by atoms with Gasteiger partial charge in [-0.2, -0.15) is 5.26 Å². The number of nitrogens with zero attached hydrogens (tertiary/aromatic N) is 1. The number of hydrogen-bond donors (Lipinski definition) is 0. The van der Waals surface area contributed by atoms with Crippen molar-refractivity contribution in [2.45, 2.75) is 38.5 Å². The summed E-state index contributed by atoms with van der Waals surface area (Å²) in [6.45, 7) is 4.39. The maximum atomic E-state index is 10.2. The van der Waals surface area contributed by atoms with E-state index in [1.54, 1.807) is 0 Å². The maximum absolute atomic E-state index is 10.2. The number of rotatable bonds is 6. The van der Waals surface area contributed by atoms with Crippen molar-refractivity contribution >= 4 is 0 Å². The van der Waals surface area contributed by atoms with Crippen LogP contribution in [0.2, 0.25) is 0 Å². The molecule has 0 heterocycles. The van der Waals surface area contributed by atoms with Crippen LogP contribution in [0.3, 0.4) is 0 Å². The van der Waals surface area contributed by atoms with Crippen LogP contribution < -0.4 is 0 Å². The van der Waals surface area contributed by atoms with Crippen LogP contribution in [0.1, 0.15) is 44.2 Å². The van der Waals surface area contributed by atoms with Gasteiger partial charge in [0, 0.05) is 0 Å². The third-order valence-electron chi connectivity index (χ3n) is 4.38. The molecule has 0 saturated carbocycles. The normalized spacial score (nSPS) is 12.6. The molecule has 1 nitrogen and oxygen atoms in total. The Morgan fingerprint density at radius 1 is 0.905 bits per heavy atom. The molecule has 0 aliphatic heterocycles. The summed E-state index contributed by atoms with van der Waals surface area (Å²) in [5, 5.41) is 10.2. The summed E-state index contributed by atoms with van der Waals surface area (Å²) in [6, 6.07) is 23.2. The van der Waals surface area contributed by atoms with Crippen LogP contribution in [0.4, 0.5) is 0 Å². The Hall–Kier alpha value is -2.07. The average Bonchev–Trinajstić information content (AvgIpc) is 2.57. The lowest BCUT2D eigenvalue weighted by atomic mass is 9.64. The molecular formula is C20H23N. The van der Waals surface area contributed by atoms with E-state index in [1.807, 2.05) is 36.4 Å². The van der Waals surface area contributed by atoms with Crippen molar-refractivity contribution in [1.82, 2.24) is 0 Å². The first-order chi connectivity index (χ1) is 10.3. The second-order valence-electron chi connectivity index (χ2n) is 5.55. The van der Waals surface area contributed by atoms with Gasteiger partial charge in [0.2, 0.25) is 0 Å². The molecule has 0 bridgehead atoms. The van der Waals surface area contributed by atoms with Crippen molar-refractivity contribution in [3.63, 3.8) is 0 Å². The van der Waals surface area contributed by atoms with Gasteiger partial charge in [-0.1, -0.05) is 87.4 Å². The van der Waals surface area contributed by atoms with Gasteiger partial charge in [0.1, 0.15) is 5.41 Å². The predicted molar refractivity (Wildman–Crippen MR) is 88.0 cm³/mol.